The van der Waals surface area contributed by atoms with Gasteiger partial charge in [-0.15, -0.1) is 0 Å². The lowest BCUT2D eigenvalue weighted by atomic mass is 10.0. The predicted octanol–water partition coefficient (Wildman–Crippen LogP) is 2.72. The summed E-state index contributed by atoms with van der Waals surface area (Å²) in [4.78, 5) is 12.8. The van der Waals surface area contributed by atoms with Gasteiger partial charge in [0.25, 0.3) is 0 Å². The van der Waals surface area contributed by atoms with Gasteiger partial charge in [-0.25, -0.2) is 4.79 Å². The number of esters is 1. The van der Waals surface area contributed by atoms with E-state index in [9.17, 15) is 20.1 Å². The minimum atomic E-state index is -1.02. The molecule has 160 valence electrons. The molecule has 29 heavy (non-hydrogen) atoms. The maximum absolute atomic E-state index is 12.8. The number of fused-ring (bicyclic) bond motifs is 1. The quantitative estimate of drug-likeness (QED) is 0.443. The molecule has 0 fully saturated rings. The zero-order chi connectivity index (χ0) is 21.4. The van der Waals surface area contributed by atoms with Crippen LogP contribution in [0, 0.1) is 5.92 Å². The molecule has 4 N–H and O–H groups in total. The van der Waals surface area contributed by atoms with Crippen LogP contribution in [0.4, 0.5) is 5.69 Å². The van der Waals surface area contributed by atoms with E-state index in [1.165, 1.54) is 6.07 Å². The van der Waals surface area contributed by atoms with E-state index < -0.39 is 24.3 Å². The van der Waals surface area contributed by atoms with Gasteiger partial charge in [-0.1, -0.05) is 31.2 Å². The summed E-state index contributed by atoms with van der Waals surface area (Å²) in [7, 11) is 0. The molecule has 4 atom stereocenters. The molecule has 0 saturated heterocycles. The summed E-state index contributed by atoms with van der Waals surface area (Å²) in [5.41, 5.74) is 1.19. The number of rotatable bonds is 2. The Morgan fingerprint density at radius 1 is 1.17 bits per heavy atom. The molecule has 1 aliphatic heterocycles. The highest BCUT2D eigenvalue weighted by Gasteiger charge is 2.22. The van der Waals surface area contributed by atoms with Crippen LogP contribution in [0.2, 0.25) is 0 Å². The number of aliphatic hydroxyl groups is 2. The summed E-state index contributed by atoms with van der Waals surface area (Å²) in [5.74, 6) is -0.881. The van der Waals surface area contributed by atoms with Gasteiger partial charge in [-0.05, 0) is 31.9 Å². The van der Waals surface area contributed by atoms with E-state index in [2.05, 4.69) is 5.32 Å². The van der Waals surface area contributed by atoms with Crippen molar-refractivity contribution in [1.82, 2.24) is 0 Å². The van der Waals surface area contributed by atoms with E-state index in [1.807, 2.05) is 19.9 Å². The SMILES string of the molecule is CCNc1cc(O)c2c(c1)/C=C/C[C@H](O)[C@H](O)COC/C=C\[C@@H](C)[C@H](C)OC2=O. The number of ether oxygens (including phenoxy) is 2. The Morgan fingerprint density at radius 3 is 2.66 bits per heavy atom. The molecule has 0 radical (unpaired) electrons. The van der Waals surface area contributed by atoms with Crippen LogP contribution in [0.1, 0.15) is 43.1 Å². The normalized spacial score (nSPS) is 28.8. The van der Waals surface area contributed by atoms with Crippen LogP contribution in [0.15, 0.2) is 30.4 Å². The average Bonchev–Trinajstić information content (AvgIpc) is 2.66. The van der Waals surface area contributed by atoms with Crippen LogP contribution in [-0.4, -0.2) is 59.4 Å². The van der Waals surface area contributed by atoms with Crippen LogP contribution in [0.3, 0.4) is 0 Å². The third-order valence-electron chi connectivity index (χ3n) is 4.83. The summed E-state index contributed by atoms with van der Waals surface area (Å²) in [6, 6.07) is 3.22. The van der Waals surface area contributed by atoms with Gasteiger partial charge in [0.2, 0.25) is 0 Å². The summed E-state index contributed by atoms with van der Waals surface area (Å²) in [5, 5.41) is 33.7. The van der Waals surface area contributed by atoms with Crippen LogP contribution in [0.25, 0.3) is 6.08 Å². The van der Waals surface area contributed by atoms with Gasteiger partial charge in [0, 0.05) is 24.2 Å². The number of aromatic hydroxyl groups is 1. The van der Waals surface area contributed by atoms with Crippen molar-refractivity contribution in [2.45, 2.75) is 45.5 Å². The first kappa shape index (κ1) is 22.9. The highest BCUT2D eigenvalue weighted by Crippen LogP contribution is 2.29. The molecule has 2 rings (SSSR count). The van der Waals surface area contributed by atoms with Gasteiger partial charge in [-0.3, -0.25) is 0 Å². The number of anilines is 1. The smallest absolute Gasteiger partial charge is 0.342 e. The number of phenols is 1. The first-order valence-electron chi connectivity index (χ1n) is 9.92. The van der Waals surface area contributed by atoms with Crippen molar-refractivity contribution in [3.05, 3.63) is 41.5 Å². The second kappa shape index (κ2) is 11.0. The second-order valence-electron chi connectivity index (χ2n) is 7.20. The van der Waals surface area contributed by atoms with Crippen molar-refractivity contribution in [3.63, 3.8) is 0 Å². The molecular weight excluding hydrogens is 374 g/mol. The number of carbonyl (C=O) groups excluding carboxylic acids is 1. The van der Waals surface area contributed by atoms with Gasteiger partial charge >= 0.3 is 5.97 Å². The van der Waals surface area contributed by atoms with E-state index in [0.717, 1.165) is 0 Å². The van der Waals surface area contributed by atoms with E-state index >= 15 is 0 Å². The van der Waals surface area contributed by atoms with Crippen LogP contribution < -0.4 is 5.32 Å². The predicted molar refractivity (Wildman–Crippen MR) is 112 cm³/mol. The summed E-state index contributed by atoms with van der Waals surface area (Å²) < 4.78 is 10.9. The summed E-state index contributed by atoms with van der Waals surface area (Å²) in [6.45, 7) is 6.57. The Bertz CT molecular complexity index is 745. The fourth-order valence-corrected chi connectivity index (χ4v) is 2.93. The Morgan fingerprint density at radius 2 is 1.93 bits per heavy atom. The number of carbonyl (C=O) groups is 1. The number of nitrogens with one attached hydrogen (secondary N) is 1. The van der Waals surface area contributed by atoms with Gasteiger partial charge < -0.3 is 30.1 Å². The molecule has 0 aliphatic carbocycles. The largest absolute Gasteiger partial charge is 0.507 e. The number of hydrogen-bond donors (Lipinski definition) is 4. The third kappa shape index (κ3) is 6.59. The molecule has 7 heteroatoms. The van der Waals surface area contributed by atoms with Crippen LogP contribution in [0.5, 0.6) is 5.75 Å². The number of phenolic OH excluding ortho intramolecular Hbond substituents is 1. The molecule has 1 aromatic rings. The van der Waals surface area contributed by atoms with E-state index in [-0.39, 0.29) is 36.9 Å². The summed E-state index contributed by atoms with van der Waals surface area (Å²) in [6.07, 6.45) is 4.64. The highest BCUT2D eigenvalue weighted by atomic mass is 16.5. The molecule has 0 bridgehead atoms. The molecule has 1 heterocycles. The molecule has 0 spiro atoms. The lowest BCUT2D eigenvalue weighted by Gasteiger charge is -2.20. The third-order valence-corrected chi connectivity index (χ3v) is 4.83. The van der Waals surface area contributed by atoms with Gasteiger partial charge in [0.15, 0.2) is 0 Å². The number of hydrogen-bond acceptors (Lipinski definition) is 7. The molecule has 7 nitrogen and oxygen atoms in total. The molecule has 0 amide bonds. The zero-order valence-electron chi connectivity index (χ0n) is 17.2. The molecule has 0 unspecified atom stereocenters. The second-order valence-corrected chi connectivity index (χ2v) is 7.20. The van der Waals surface area contributed by atoms with Crippen molar-refractivity contribution < 1.29 is 29.6 Å². The molecule has 0 aromatic heterocycles. The molecule has 1 aliphatic rings. The van der Waals surface area contributed by atoms with Crippen LogP contribution in [-0.2, 0) is 9.47 Å². The number of benzene rings is 1. The minimum Gasteiger partial charge on any atom is -0.507 e. The first-order chi connectivity index (χ1) is 13.8. The number of aliphatic hydroxyl groups excluding tert-OH is 2. The first-order valence-corrected chi connectivity index (χ1v) is 9.92. The minimum absolute atomic E-state index is 0.0141. The Labute approximate surface area is 171 Å². The standard InChI is InChI=1S/C22H31NO6/c1-4-23-17-11-16-8-5-9-18(24)20(26)13-28-10-6-7-14(2)15(3)29-22(27)21(16)19(25)12-17/h5-8,11-12,14-15,18,20,23-26H,4,9-10,13H2,1-3H3/b7-6-,8-5+/t14-,15+,18+,20-/m1/s1. The van der Waals surface area contributed by atoms with Crippen molar-refractivity contribution >= 4 is 17.7 Å². The lowest BCUT2D eigenvalue weighted by Crippen LogP contribution is -2.30. The van der Waals surface area contributed by atoms with E-state index in [1.54, 1.807) is 31.2 Å². The van der Waals surface area contributed by atoms with Crippen molar-refractivity contribution in [2.75, 3.05) is 25.1 Å². The zero-order valence-corrected chi connectivity index (χ0v) is 17.2. The maximum atomic E-state index is 12.8. The van der Waals surface area contributed by atoms with Crippen molar-refractivity contribution in [3.8, 4) is 5.75 Å². The van der Waals surface area contributed by atoms with Gasteiger partial charge in [-0.2, -0.15) is 0 Å². The Hall–Kier alpha value is -2.35. The number of cyclic esters (lactones) is 1. The van der Waals surface area contributed by atoms with Crippen molar-refractivity contribution in [2.24, 2.45) is 5.92 Å². The Kier molecular flexibility index (Phi) is 8.70. The van der Waals surface area contributed by atoms with Gasteiger partial charge in [0.1, 0.15) is 23.5 Å². The Balaban J connectivity index is 2.41. The van der Waals surface area contributed by atoms with E-state index in [0.29, 0.717) is 17.8 Å². The fourth-order valence-electron chi connectivity index (χ4n) is 2.93. The molecular formula is C22H31NO6. The monoisotopic (exact) mass is 405 g/mol. The summed E-state index contributed by atoms with van der Waals surface area (Å²) >= 11 is 0. The average molecular weight is 405 g/mol. The van der Waals surface area contributed by atoms with Crippen molar-refractivity contribution in [1.29, 1.82) is 0 Å². The molecule has 1 aromatic carbocycles. The van der Waals surface area contributed by atoms with E-state index in [4.69, 9.17) is 9.47 Å². The topological polar surface area (TPSA) is 108 Å². The van der Waals surface area contributed by atoms with Crippen LogP contribution >= 0.6 is 0 Å². The molecule has 0 saturated carbocycles. The highest BCUT2D eigenvalue weighted by molar-refractivity contribution is 5.97. The maximum Gasteiger partial charge on any atom is 0.342 e. The lowest BCUT2D eigenvalue weighted by molar-refractivity contribution is -0.0309. The fraction of sp³-hybridized carbons (Fsp3) is 0.500. The van der Waals surface area contributed by atoms with Gasteiger partial charge in [0.05, 0.1) is 19.3 Å².